The zero-order chi connectivity index (χ0) is 21.1. The summed E-state index contributed by atoms with van der Waals surface area (Å²) < 4.78 is 14.5. The van der Waals surface area contributed by atoms with E-state index in [9.17, 15) is 14.7 Å². The number of hydrogen-bond donors (Lipinski definition) is 1. The standard InChI is InChI=1S/C21H28N4O5/c1-14-9-19(23-24(14)11-15-5-2-3-6-15)21(28)30-13-16-10-18(20(26)27)22-25(16)12-17-7-4-8-29-17/h9-10,15,17H,2-8,11-13H2,1H3,(H,26,27). The molecule has 0 radical (unpaired) electrons. The third-order valence-corrected chi connectivity index (χ3v) is 5.93. The van der Waals surface area contributed by atoms with Crippen LogP contribution in [0, 0.1) is 12.8 Å². The van der Waals surface area contributed by atoms with Gasteiger partial charge in [0.25, 0.3) is 0 Å². The van der Waals surface area contributed by atoms with Crippen LogP contribution in [0.25, 0.3) is 0 Å². The largest absolute Gasteiger partial charge is 0.476 e. The summed E-state index contributed by atoms with van der Waals surface area (Å²) in [6.07, 6.45) is 6.81. The van der Waals surface area contributed by atoms with Crippen molar-refractivity contribution in [2.24, 2.45) is 5.92 Å². The van der Waals surface area contributed by atoms with Gasteiger partial charge >= 0.3 is 11.9 Å². The summed E-state index contributed by atoms with van der Waals surface area (Å²) >= 11 is 0. The van der Waals surface area contributed by atoms with Crippen LogP contribution in [0.3, 0.4) is 0 Å². The van der Waals surface area contributed by atoms with Crippen molar-refractivity contribution >= 4 is 11.9 Å². The van der Waals surface area contributed by atoms with Gasteiger partial charge in [0.05, 0.1) is 18.3 Å². The van der Waals surface area contributed by atoms with Gasteiger partial charge in [-0.15, -0.1) is 0 Å². The van der Waals surface area contributed by atoms with Crippen molar-refractivity contribution in [3.8, 4) is 0 Å². The zero-order valence-corrected chi connectivity index (χ0v) is 17.2. The van der Waals surface area contributed by atoms with Gasteiger partial charge in [-0.25, -0.2) is 9.59 Å². The fraction of sp³-hybridized carbons (Fsp3) is 0.619. The number of ether oxygens (including phenoxy) is 2. The Bertz CT molecular complexity index is 907. The van der Waals surface area contributed by atoms with Crippen LogP contribution in [0.4, 0.5) is 0 Å². The quantitative estimate of drug-likeness (QED) is 0.659. The third kappa shape index (κ3) is 4.72. The molecule has 0 aromatic carbocycles. The Balaban J connectivity index is 1.41. The Labute approximate surface area is 175 Å². The predicted octanol–water partition coefficient (Wildman–Crippen LogP) is 2.81. The second kappa shape index (κ2) is 8.99. The monoisotopic (exact) mass is 416 g/mol. The molecule has 0 bridgehead atoms. The number of nitrogens with zero attached hydrogens (tertiary/aromatic N) is 4. The summed E-state index contributed by atoms with van der Waals surface area (Å²) in [6.45, 7) is 3.84. The summed E-state index contributed by atoms with van der Waals surface area (Å²) in [5.41, 5.74) is 1.66. The molecule has 1 saturated carbocycles. The van der Waals surface area contributed by atoms with Crippen molar-refractivity contribution in [3.05, 3.63) is 34.9 Å². The van der Waals surface area contributed by atoms with E-state index in [2.05, 4.69) is 10.2 Å². The molecule has 2 aromatic heterocycles. The van der Waals surface area contributed by atoms with Gasteiger partial charge in [-0.2, -0.15) is 10.2 Å². The van der Waals surface area contributed by atoms with Crippen molar-refractivity contribution in [2.45, 2.75) is 71.2 Å². The van der Waals surface area contributed by atoms with Crippen molar-refractivity contribution in [1.29, 1.82) is 0 Å². The Kier molecular flexibility index (Phi) is 6.17. The van der Waals surface area contributed by atoms with Crippen molar-refractivity contribution in [1.82, 2.24) is 19.6 Å². The Morgan fingerprint density at radius 2 is 1.87 bits per heavy atom. The van der Waals surface area contributed by atoms with Crippen molar-refractivity contribution in [2.75, 3.05) is 6.61 Å². The van der Waals surface area contributed by atoms with E-state index in [4.69, 9.17) is 9.47 Å². The molecule has 30 heavy (non-hydrogen) atoms. The van der Waals surface area contributed by atoms with E-state index >= 15 is 0 Å². The highest BCUT2D eigenvalue weighted by Crippen LogP contribution is 2.26. The van der Waals surface area contributed by atoms with Gasteiger partial charge in [0.1, 0.15) is 6.61 Å². The fourth-order valence-corrected chi connectivity index (χ4v) is 4.26. The minimum Gasteiger partial charge on any atom is -0.476 e. The molecule has 1 aliphatic carbocycles. The first-order valence-electron chi connectivity index (χ1n) is 10.6. The Morgan fingerprint density at radius 3 is 2.57 bits per heavy atom. The molecule has 0 amide bonds. The number of aryl methyl sites for hydroxylation is 1. The van der Waals surface area contributed by atoms with Crippen LogP contribution in [0.15, 0.2) is 12.1 Å². The first-order chi connectivity index (χ1) is 14.5. The molecule has 1 N–H and O–H groups in total. The van der Waals surface area contributed by atoms with Gasteiger partial charge in [-0.3, -0.25) is 9.36 Å². The van der Waals surface area contributed by atoms with Crippen molar-refractivity contribution < 1.29 is 24.2 Å². The van der Waals surface area contributed by atoms with Gasteiger partial charge in [0.15, 0.2) is 11.4 Å². The maximum atomic E-state index is 12.5. The maximum absolute atomic E-state index is 12.5. The molecule has 4 rings (SSSR count). The number of rotatable bonds is 8. The lowest BCUT2D eigenvalue weighted by Gasteiger charge is -2.12. The molecule has 3 heterocycles. The van der Waals surface area contributed by atoms with Crippen LogP contribution in [-0.4, -0.2) is 49.3 Å². The van der Waals surface area contributed by atoms with Crippen LogP contribution in [-0.2, 0) is 29.2 Å². The van der Waals surface area contributed by atoms with E-state index in [1.54, 1.807) is 10.7 Å². The van der Waals surface area contributed by atoms with Gasteiger partial charge in [-0.05, 0) is 50.7 Å². The highest BCUT2D eigenvalue weighted by molar-refractivity contribution is 5.87. The number of carboxylic acid groups (broad SMARTS) is 1. The number of carboxylic acids is 1. The molecule has 162 valence electrons. The minimum atomic E-state index is -1.12. The predicted molar refractivity (Wildman–Crippen MR) is 106 cm³/mol. The summed E-state index contributed by atoms with van der Waals surface area (Å²) in [5, 5.41) is 17.8. The number of carbonyl (C=O) groups excluding carboxylic acids is 1. The smallest absolute Gasteiger partial charge is 0.359 e. The van der Waals surface area contributed by atoms with E-state index in [1.807, 2.05) is 11.6 Å². The Hall–Kier alpha value is -2.68. The van der Waals surface area contributed by atoms with E-state index in [0.717, 1.165) is 25.1 Å². The molecule has 2 aliphatic rings. The molecule has 2 fully saturated rings. The van der Waals surface area contributed by atoms with Crippen LogP contribution in [0.2, 0.25) is 0 Å². The van der Waals surface area contributed by atoms with E-state index in [0.29, 0.717) is 24.8 Å². The van der Waals surface area contributed by atoms with Crippen LogP contribution in [0.1, 0.15) is 70.9 Å². The lowest BCUT2D eigenvalue weighted by Crippen LogP contribution is -2.19. The number of hydrogen-bond acceptors (Lipinski definition) is 6. The fourth-order valence-electron chi connectivity index (χ4n) is 4.26. The minimum absolute atomic E-state index is 0.00469. The number of esters is 1. The summed E-state index contributed by atoms with van der Waals surface area (Å²) in [5.74, 6) is -1.02. The van der Waals surface area contributed by atoms with Crippen LogP contribution < -0.4 is 0 Å². The molecular formula is C21H28N4O5. The molecule has 0 spiro atoms. The number of aromatic carboxylic acids is 1. The Morgan fingerprint density at radius 1 is 1.10 bits per heavy atom. The summed E-state index contributed by atoms with van der Waals surface area (Å²) in [4.78, 5) is 23.9. The second-order valence-electron chi connectivity index (χ2n) is 8.22. The van der Waals surface area contributed by atoms with Gasteiger partial charge in [0.2, 0.25) is 0 Å². The summed E-state index contributed by atoms with van der Waals surface area (Å²) in [6, 6.07) is 3.18. The molecule has 1 aliphatic heterocycles. The molecular weight excluding hydrogens is 388 g/mol. The van der Waals surface area contributed by atoms with Gasteiger partial charge in [-0.1, -0.05) is 12.8 Å². The van der Waals surface area contributed by atoms with Crippen molar-refractivity contribution in [3.63, 3.8) is 0 Å². The van der Waals surface area contributed by atoms with Crippen LogP contribution in [0.5, 0.6) is 0 Å². The number of aromatic nitrogens is 4. The molecule has 1 saturated heterocycles. The van der Waals surface area contributed by atoms with E-state index in [1.165, 1.54) is 31.7 Å². The van der Waals surface area contributed by atoms with Gasteiger partial charge in [0, 0.05) is 18.8 Å². The molecule has 2 aromatic rings. The lowest BCUT2D eigenvalue weighted by atomic mass is 10.1. The van der Waals surface area contributed by atoms with E-state index < -0.39 is 11.9 Å². The topological polar surface area (TPSA) is 108 Å². The molecule has 9 nitrogen and oxygen atoms in total. The van der Waals surface area contributed by atoms with Gasteiger partial charge < -0.3 is 14.6 Å². The molecule has 1 atom stereocenters. The van der Waals surface area contributed by atoms with Crippen LogP contribution >= 0.6 is 0 Å². The third-order valence-electron chi connectivity index (χ3n) is 5.93. The zero-order valence-electron chi connectivity index (χ0n) is 17.2. The first kappa shape index (κ1) is 20.6. The average molecular weight is 416 g/mol. The lowest BCUT2D eigenvalue weighted by molar-refractivity contribution is 0.0445. The van der Waals surface area contributed by atoms with E-state index in [-0.39, 0.29) is 24.1 Å². The normalized spacial score (nSPS) is 19.4. The highest BCUT2D eigenvalue weighted by Gasteiger charge is 2.22. The first-order valence-corrected chi connectivity index (χ1v) is 10.6. The maximum Gasteiger partial charge on any atom is 0.359 e. The molecule has 9 heteroatoms. The molecule has 1 unspecified atom stereocenters. The number of carbonyl (C=O) groups is 2. The highest BCUT2D eigenvalue weighted by atomic mass is 16.5. The second-order valence-corrected chi connectivity index (χ2v) is 8.22. The summed E-state index contributed by atoms with van der Waals surface area (Å²) in [7, 11) is 0. The average Bonchev–Trinajstić information content (AvgIpc) is 3.50. The SMILES string of the molecule is Cc1cc(C(=O)OCc2cc(C(=O)O)nn2CC2CCCO2)nn1CC1CCCC1.